The standard InChI is InChI=1S/C23H27NO6/c1-3-15-8-7-11-17(12-15)28-23-19(24-14(2)25)20(26)21-18(29-23)13-27-22(30-21)16-9-5-4-6-10-16/h4-12,18-23,26H,3,13H2,1-2H3,(H,24,25). The number of hydrogen-bond donors (Lipinski definition) is 2. The molecule has 2 aliphatic rings. The average Bonchev–Trinajstić information content (AvgIpc) is 2.77. The number of aliphatic hydroxyl groups is 1. The predicted octanol–water partition coefficient (Wildman–Crippen LogP) is 2.33. The number of ether oxygens (including phenoxy) is 4. The van der Waals surface area contributed by atoms with Crippen molar-refractivity contribution in [2.45, 2.75) is 57.2 Å². The number of aryl methyl sites for hydroxylation is 1. The van der Waals surface area contributed by atoms with Crippen LogP contribution in [0.4, 0.5) is 0 Å². The van der Waals surface area contributed by atoms with Gasteiger partial charge in [-0.25, -0.2) is 0 Å². The van der Waals surface area contributed by atoms with Gasteiger partial charge in [-0.1, -0.05) is 49.4 Å². The number of carbonyl (C=O) groups excluding carboxylic acids is 1. The van der Waals surface area contributed by atoms with Crippen LogP contribution >= 0.6 is 0 Å². The minimum atomic E-state index is -1.03. The van der Waals surface area contributed by atoms with Crippen molar-refractivity contribution in [3.05, 3.63) is 65.7 Å². The van der Waals surface area contributed by atoms with Gasteiger partial charge in [0.1, 0.15) is 30.1 Å². The molecule has 2 heterocycles. The summed E-state index contributed by atoms with van der Waals surface area (Å²) in [5.41, 5.74) is 1.97. The lowest BCUT2D eigenvalue weighted by Crippen LogP contribution is -2.67. The van der Waals surface area contributed by atoms with Gasteiger partial charge in [0.15, 0.2) is 6.29 Å². The second-order valence-electron chi connectivity index (χ2n) is 7.56. The lowest BCUT2D eigenvalue weighted by Gasteiger charge is -2.47. The van der Waals surface area contributed by atoms with Crippen LogP contribution in [0.15, 0.2) is 54.6 Å². The van der Waals surface area contributed by atoms with E-state index in [0.717, 1.165) is 17.5 Å². The zero-order valence-electron chi connectivity index (χ0n) is 17.1. The molecule has 2 fully saturated rings. The zero-order chi connectivity index (χ0) is 21.1. The van der Waals surface area contributed by atoms with Gasteiger partial charge in [-0.3, -0.25) is 4.79 Å². The summed E-state index contributed by atoms with van der Waals surface area (Å²) in [6.07, 6.45) is -2.83. The lowest BCUT2D eigenvalue weighted by molar-refractivity contribution is -0.333. The Morgan fingerprint density at radius 2 is 1.97 bits per heavy atom. The molecular weight excluding hydrogens is 386 g/mol. The number of hydrogen-bond acceptors (Lipinski definition) is 6. The van der Waals surface area contributed by atoms with Gasteiger partial charge in [0, 0.05) is 12.5 Å². The Morgan fingerprint density at radius 3 is 2.70 bits per heavy atom. The number of rotatable bonds is 5. The summed E-state index contributed by atoms with van der Waals surface area (Å²) < 4.78 is 24.0. The number of aliphatic hydroxyl groups excluding tert-OH is 1. The molecule has 0 saturated carbocycles. The van der Waals surface area contributed by atoms with E-state index >= 15 is 0 Å². The largest absolute Gasteiger partial charge is 0.463 e. The molecule has 7 nitrogen and oxygen atoms in total. The monoisotopic (exact) mass is 413 g/mol. The fourth-order valence-electron chi connectivity index (χ4n) is 3.83. The van der Waals surface area contributed by atoms with E-state index in [0.29, 0.717) is 5.75 Å². The molecule has 2 saturated heterocycles. The molecule has 160 valence electrons. The molecule has 0 aliphatic carbocycles. The van der Waals surface area contributed by atoms with Gasteiger partial charge in [-0.15, -0.1) is 0 Å². The Labute approximate surface area is 175 Å². The Kier molecular flexibility index (Phi) is 6.34. The van der Waals surface area contributed by atoms with Crippen LogP contribution in [0.1, 0.15) is 31.3 Å². The first-order valence-corrected chi connectivity index (χ1v) is 10.2. The smallest absolute Gasteiger partial charge is 0.223 e. The van der Waals surface area contributed by atoms with Crippen molar-refractivity contribution in [2.24, 2.45) is 0 Å². The molecule has 2 N–H and O–H groups in total. The van der Waals surface area contributed by atoms with Crippen LogP contribution in [0.25, 0.3) is 0 Å². The molecule has 6 atom stereocenters. The highest BCUT2D eigenvalue weighted by molar-refractivity contribution is 5.73. The summed E-state index contributed by atoms with van der Waals surface area (Å²) in [6, 6.07) is 16.4. The molecule has 2 aliphatic heterocycles. The third-order valence-corrected chi connectivity index (χ3v) is 5.37. The minimum absolute atomic E-state index is 0.239. The Hall–Kier alpha value is -2.45. The first kappa shape index (κ1) is 20.8. The van der Waals surface area contributed by atoms with Gasteiger partial charge in [0.2, 0.25) is 12.2 Å². The molecule has 2 aromatic carbocycles. The first-order valence-electron chi connectivity index (χ1n) is 10.2. The lowest BCUT2D eigenvalue weighted by atomic mass is 9.95. The quantitative estimate of drug-likeness (QED) is 0.783. The van der Waals surface area contributed by atoms with E-state index in [-0.39, 0.29) is 12.5 Å². The van der Waals surface area contributed by atoms with Crippen LogP contribution in [-0.2, 0) is 25.4 Å². The average molecular weight is 413 g/mol. The van der Waals surface area contributed by atoms with E-state index in [9.17, 15) is 9.90 Å². The van der Waals surface area contributed by atoms with Gasteiger partial charge < -0.3 is 29.4 Å². The molecule has 0 aromatic heterocycles. The Bertz CT molecular complexity index is 860. The molecule has 6 unspecified atom stereocenters. The topological polar surface area (TPSA) is 86.2 Å². The molecule has 4 rings (SSSR count). The summed E-state index contributed by atoms with van der Waals surface area (Å²) >= 11 is 0. The second-order valence-corrected chi connectivity index (χ2v) is 7.56. The van der Waals surface area contributed by atoms with Crippen molar-refractivity contribution in [3.8, 4) is 5.75 Å². The summed E-state index contributed by atoms with van der Waals surface area (Å²) in [7, 11) is 0. The highest BCUT2D eigenvalue weighted by Gasteiger charge is 2.50. The normalized spacial score (nSPS) is 30.9. The summed E-state index contributed by atoms with van der Waals surface area (Å²) in [5, 5.41) is 13.8. The fourth-order valence-corrected chi connectivity index (χ4v) is 3.83. The van der Waals surface area contributed by atoms with Crippen LogP contribution in [0.5, 0.6) is 5.75 Å². The summed E-state index contributed by atoms with van der Waals surface area (Å²) in [5.74, 6) is 0.323. The van der Waals surface area contributed by atoms with E-state index in [1.807, 2.05) is 54.6 Å². The summed E-state index contributed by atoms with van der Waals surface area (Å²) in [4.78, 5) is 11.8. The Morgan fingerprint density at radius 1 is 1.17 bits per heavy atom. The van der Waals surface area contributed by atoms with Crippen LogP contribution in [0, 0.1) is 0 Å². The van der Waals surface area contributed by atoms with Crippen LogP contribution in [0.2, 0.25) is 0 Å². The maximum absolute atomic E-state index is 11.8. The molecule has 0 spiro atoms. The van der Waals surface area contributed by atoms with E-state index < -0.39 is 36.9 Å². The van der Waals surface area contributed by atoms with Gasteiger partial charge in [0.25, 0.3) is 0 Å². The number of nitrogens with one attached hydrogen (secondary N) is 1. The number of amides is 1. The molecule has 30 heavy (non-hydrogen) atoms. The minimum Gasteiger partial charge on any atom is -0.463 e. The van der Waals surface area contributed by atoms with Crippen molar-refractivity contribution < 1.29 is 28.8 Å². The van der Waals surface area contributed by atoms with E-state index in [2.05, 4.69) is 12.2 Å². The van der Waals surface area contributed by atoms with Crippen molar-refractivity contribution in [2.75, 3.05) is 6.61 Å². The predicted molar refractivity (Wildman–Crippen MR) is 109 cm³/mol. The van der Waals surface area contributed by atoms with E-state index in [1.165, 1.54) is 6.92 Å². The van der Waals surface area contributed by atoms with Gasteiger partial charge in [-0.05, 0) is 24.1 Å². The zero-order valence-corrected chi connectivity index (χ0v) is 17.1. The molecule has 2 aromatic rings. The maximum atomic E-state index is 11.8. The van der Waals surface area contributed by atoms with Crippen molar-refractivity contribution in [3.63, 3.8) is 0 Å². The van der Waals surface area contributed by atoms with Crippen LogP contribution < -0.4 is 10.1 Å². The van der Waals surface area contributed by atoms with Crippen LogP contribution in [0.3, 0.4) is 0 Å². The van der Waals surface area contributed by atoms with E-state index in [1.54, 1.807) is 0 Å². The number of carbonyl (C=O) groups is 1. The number of fused-ring (bicyclic) bond motifs is 1. The maximum Gasteiger partial charge on any atom is 0.223 e. The SMILES string of the molecule is CCc1cccc(OC2OC3COC(c4ccccc4)OC3C(O)C2NC(C)=O)c1. The second kappa shape index (κ2) is 9.14. The van der Waals surface area contributed by atoms with Gasteiger partial charge in [-0.2, -0.15) is 0 Å². The highest BCUT2D eigenvalue weighted by atomic mass is 16.7. The van der Waals surface area contributed by atoms with Crippen LogP contribution in [-0.4, -0.2) is 48.3 Å². The molecule has 7 heteroatoms. The molecular formula is C23H27NO6. The third-order valence-electron chi connectivity index (χ3n) is 5.37. The van der Waals surface area contributed by atoms with E-state index in [4.69, 9.17) is 18.9 Å². The molecule has 1 amide bonds. The fraction of sp³-hybridized carbons (Fsp3) is 0.435. The molecule has 0 radical (unpaired) electrons. The molecule has 0 bridgehead atoms. The first-order chi connectivity index (χ1) is 14.5. The summed E-state index contributed by atoms with van der Waals surface area (Å²) in [6.45, 7) is 3.69. The van der Waals surface area contributed by atoms with Crippen molar-refractivity contribution in [1.29, 1.82) is 0 Å². The van der Waals surface area contributed by atoms with Gasteiger partial charge >= 0.3 is 0 Å². The van der Waals surface area contributed by atoms with Gasteiger partial charge in [0.05, 0.1) is 6.61 Å². The Balaban J connectivity index is 1.53. The highest BCUT2D eigenvalue weighted by Crippen LogP contribution is 2.34. The van der Waals surface area contributed by atoms with Crippen molar-refractivity contribution >= 4 is 5.91 Å². The third kappa shape index (κ3) is 4.49. The van der Waals surface area contributed by atoms with Crippen molar-refractivity contribution in [1.82, 2.24) is 5.32 Å². The number of benzene rings is 2.